The predicted molar refractivity (Wildman–Crippen MR) is 73.0 cm³/mol. The fourth-order valence-corrected chi connectivity index (χ4v) is 1.74. The molecule has 0 spiro atoms. The first kappa shape index (κ1) is 15.0. The molecular formula is C14H20N2O3. The Hall–Kier alpha value is -2.04. The van der Waals surface area contributed by atoms with E-state index in [1.54, 1.807) is 13.8 Å². The van der Waals surface area contributed by atoms with Crippen molar-refractivity contribution in [3.63, 3.8) is 0 Å². The summed E-state index contributed by atoms with van der Waals surface area (Å²) in [6.45, 7) is 3.87. The molecule has 0 fully saturated rings. The van der Waals surface area contributed by atoms with Gasteiger partial charge in [-0.3, -0.25) is 4.79 Å². The number of carbonyl (C=O) groups excluding carboxylic acids is 1. The fraction of sp³-hybridized carbons (Fsp3) is 0.429. The number of amides is 2. The SMILES string of the molecule is CC(C)(CC(=O)O)NC(=O)NCCc1ccccc1. The van der Waals surface area contributed by atoms with Gasteiger partial charge in [-0.1, -0.05) is 30.3 Å². The molecule has 0 atom stereocenters. The number of hydrogen-bond donors (Lipinski definition) is 3. The summed E-state index contributed by atoms with van der Waals surface area (Å²) in [7, 11) is 0. The van der Waals surface area contributed by atoms with Gasteiger partial charge in [0.05, 0.1) is 6.42 Å². The molecule has 3 N–H and O–H groups in total. The van der Waals surface area contributed by atoms with Crippen LogP contribution in [0.15, 0.2) is 30.3 Å². The van der Waals surface area contributed by atoms with Crippen LogP contribution in [-0.2, 0) is 11.2 Å². The van der Waals surface area contributed by atoms with Gasteiger partial charge in [-0.25, -0.2) is 4.79 Å². The van der Waals surface area contributed by atoms with Gasteiger partial charge in [0.25, 0.3) is 0 Å². The summed E-state index contributed by atoms with van der Waals surface area (Å²) in [5, 5.41) is 14.1. The Labute approximate surface area is 113 Å². The van der Waals surface area contributed by atoms with Gasteiger partial charge in [0.15, 0.2) is 0 Å². The van der Waals surface area contributed by atoms with Gasteiger partial charge < -0.3 is 15.7 Å². The Morgan fingerprint density at radius 3 is 2.42 bits per heavy atom. The molecule has 0 unspecified atom stereocenters. The van der Waals surface area contributed by atoms with E-state index in [0.717, 1.165) is 12.0 Å². The molecule has 0 radical (unpaired) electrons. The quantitative estimate of drug-likeness (QED) is 0.733. The summed E-state index contributed by atoms with van der Waals surface area (Å²) in [6.07, 6.45) is 0.632. The first-order chi connectivity index (χ1) is 8.89. The largest absolute Gasteiger partial charge is 0.481 e. The van der Waals surface area contributed by atoms with Crippen molar-refractivity contribution < 1.29 is 14.7 Å². The lowest BCUT2D eigenvalue weighted by Gasteiger charge is -2.24. The zero-order valence-corrected chi connectivity index (χ0v) is 11.3. The molecule has 5 heteroatoms. The molecule has 1 rings (SSSR count). The highest BCUT2D eigenvalue weighted by Crippen LogP contribution is 2.07. The summed E-state index contributed by atoms with van der Waals surface area (Å²) in [6, 6.07) is 9.48. The highest BCUT2D eigenvalue weighted by atomic mass is 16.4. The molecule has 1 aromatic carbocycles. The third-order valence-electron chi connectivity index (χ3n) is 2.59. The predicted octanol–water partition coefficient (Wildman–Crippen LogP) is 1.78. The zero-order valence-electron chi connectivity index (χ0n) is 11.3. The van der Waals surface area contributed by atoms with E-state index in [9.17, 15) is 9.59 Å². The topological polar surface area (TPSA) is 78.4 Å². The van der Waals surface area contributed by atoms with Crippen molar-refractivity contribution in [3.8, 4) is 0 Å². The standard InChI is InChI=1S/C14H20N2O3/c1-14(2,10-12(17)18)16-13(19)15-9-8-11-6-4-3-5-7-11/h3-7H,8-10H2,1-2H3,(H,17,18)(H2,15,16,19). The summed E-state index contributed by atoms with van der Waals surface area (Å²) in [4.78, 5) is 22.2. The minimum Gasteiger partial charge on any atom is -0.481 e. The van der Waals surface area contributed by atoms with E-state index < -0.39 is 11.5 Å². The van der Waals surface area contributed by atoms with Crippen molar-refractivity contribution in [1.82, 2.24) is 10.6 Å². The lowest BCUT2D eigenvalue weighted by molar-refractivity contribution is -0.138. The molecule has 5 nitrogen and oxygen atoms in total. The van der Waals surface area contributed by atoms with Crippen molar-refractivity contribution in [1.29, 1.82) is 0 Å². The van der Waals surface area contributed by atoms with Crippen LogP contribution < -0.4 is 10.6 Å². The maximum atomic E-state index is 11.6. The first-order valence-electron chi connectivity index (χ1n) is 6.21. The first-order valence-corrected chi connectivity index (χ1v) is 6.21. The molecule has 0 aliphatic heterocycles. The fourth-order valence-electron chi connectivity index (χ4n) is 1.74. The average Bonchev–Trinajstić information content (AvgIpc) is 2.27. The van der Waals surface area contributed by atoms with E-state index in [2.05, 4.69) is 10.6 Å². The van der Waals surface area contributed by atoms with Crippen LogP contribution in [0.2, 0.25) is 0 Å². The number of benzene rings is 1. The molecule has 0 saturated carbocycles. The van der Waals surface area contributed by atoms with Crippen LogP contribution in [0, 0.1) is 0 Å². The van der Waals surface area contributed by atoms with Crippen molar-refractivity contribution in [2.45, 2.75) is 32.2 Å². The lowest BCUT2D eigenvalue weighted by atomic mass is 10.0. The second kappa shape index (κ2) is 6.78. The van der Waals surface area contributed by atoms with Crippen LogP contribution >= 0.6 is 0 Å². The van der Waals surface area contributed by atoms with E-state index in [1.807, 2.05) is 30.3 Å². The van der Waals surface area contributed by atoms with Crippen LogP contribution in [-0.4, -0.2) is 29.2 Å². The molecule has 0 bridgehead atoms. The average molecular weight is 264 g/mol. The minimum atomic E-state index is -0.936. The third-order valence-corrected chi connectivity index (χ3v) is 2.59. The van der Waals surface area contributed by atoms with Gasteiger partial charge in [0, 0.05) is 12.1 Å². The van der Waals surface area contributed by atoms with Gasteiger partial charge >= 0.3 is 12.0 Å². The van der Waals surface area contributed by atoms with Gasteiger partial charge in [0.2, 0.25) is 0 Å². The van der Waals surface area contributed by atoms with Crippen molar-refractivity contribution in [2.24, 2.45) is 0 Å². The van der Waals surface area contributed by atoms with Crippen molar-refractivity contribution in [3.05, 3.63) is 35.9 Å². The Morgan fingerprint density at radius 1 is 1.21 bits per heavy atom. The van der Waals surface area contributed by atoms with E-state index in [-0.39, 0.29) is 12.5 Å². The van der Waals surface area contributed by atoms with E-state index in [0.29, 0.717) is 6.54 Å². The molecule has 0 aromatic heterocycles. The molecule has 0 aliphatic rings. The van der Waals surface area contributed by atoms with Crippen LogP contribution in [0.25, 0.3) is 0 Å². The smallest absolute Gasteiger partial charge is 0.315 e. The number of carbonyl (C=O) groups is 2. The van der Waals surface area contributed by atoms with Crippen molar-refractivity contribution >= 4 is 12.0 Å². The zero-order chi connectivity index (χ0) is 14.3. The molecular weight excluding hydrogens is 244 g/mol. The second-order valence-electron chi connectivity index (χ2n) is 5.07. The number of hydrogen-bond acceptors (Lipinski definition) is 2. The number of aliphatic carboxylic acids is 1. The Morgan fingerprint density at radius 2 is 1.84 bits per heavy atom. The summed E-state index contributed by atoms with van der Waals surface area (Å²) in [5.74, 6) is -0.936. The molecule has 1 aromatic rings. The molecule has 19 heavy (non-hydrogen) atoms. The maximum absolute atomic E-state index is 11.6. The molecule has 2 amide bonds. The number of rotatable bonds is 6. The van der Waals surface area contributed by atoms with Crippen LogP contribution in [0.1, 0.15) is 25.8 Å². The number of carboxylic acid groups (broad SMARTS) is 1. The molecule has 0 heterocycles. The van der Waals surface area contributed by atoms with Crippen LogP contribution in [0.5, 0.6) is 0 Å². The highest BCUT2D eigenvalue weighted by molar-refractivity contribution is 5.76. The van der Waals surface area contributed by atoms with E-state index >= 15 is 0 Å². The summed E-state index contributed by atoms with van der Waals surface area (Å²) in [5.41, 5.74) is 0.385. The minimum absolute atomic E-state index is 0.112. The second-order valence-corrected chi connectivity index (χ2v) is 5.07. The van der Waals surface area contributed by atoms with Gasteiger partial charge in [0.1, 0.15) is 0 Å². The van der Waals surface area contributed by atoms with Gasteiger partial charge in [-0.2, -0.15) is 0 Å². The molecule has 0 saturated heterocycles. The molecule has 104 valence electrons. The highest BCUT2D eigenvalue weighted by Gasteiger charge is 2.23. The number of nitrogens with one attached hydrogen (secondary N) is 2. The summed E-state index contributed by atoms with van der Waals surface area (Å²) >= 11 is 0. The lowest BCUT2D eigenvalue weighted by Crippen LogP contribution is -2.49. The van der Waals surface area contributed by atoms with Crippen LogP contribution in [0.3, 0.4) is 0 Å². The van der Waals surface area contributed by atoms with Crippen LogP contribution in [0.4, 0.5) is 4.79 Å². The Bertz CT molecular complexity index is 430. The summed E-state index contributed by atoms with van der Waals surface area (Å²) < 4.78 is 0. The third kappa shape index (κ3) is 6.45. The Kier molecular flexibility index (Phi) is 5.36. The van der Waals surface area contributed by atoms with E-state index in [1.165, 1.54) is 0 Å². The van der Waals surface area contributed by atoms with Gasteiger partial charge in [-0.05, 0) is 25.8 Å². The van der Waals surface area contributed by atoms with Crippen molar-refractivity contribution in [2.75, 3.05) is 6.54 Å². The maximum Gasteiger partial charge on any atom is 0.315 e. The number of urea groups is 1. The number of carboxylic acids is 1. The van der Waals surface area contributed by atoms with E-state index in [4.69, 9.17) is 5.11 Å². The Balaban J connectivity index is 2.30. The van der Waals surface area contributed by atoms with Gasteiger partial charge in [-0.15, -0.1) is 0 Å². The normalized spacial score (nSPS) is 10.8. The molecule has 0 aliphatic carbocycles. The monoisotopic (exact) mass is 264 g/mol.